The fourth-order valence-corrected chi connectivity index (χ4v) is 2.29. The highest BCUT2D eigenvalue weighted by molar-refractivity contribution is 5.85. The monoisotopic (exact) mass is 242 g/mol. The minimum Gasteiger partial charge on any atom is -0.481 e. The molecule has 5 heteroatoms. The number of likely N-dealkylation sites (N-methyl/N-ethyl adjacent to an activating group) is 2. The molecule has 0 aromatic heterocycles. The van der Waals surface area contributed by atoms with Gasteiger partial charge in [0, 0.05) is 20.1 Å². The molecule has 1 saturated carbocycles. The molecule has 0 aromatic rings. The van der Waals surface area contributed by atoms with Gasteiger partial charge in [0.15, 0.2) is 0 Å². The van der Waals surface area contributed by atoms with Crippen LogP contribution in [0.15, 0.2) is 0 Å². The summed E-state index contributed by atoms with van der Waals surface area (Å²) in [6, 6.07) is 0. The SMILES string of the molecule is CN(C)CCN(C)C(=O)C1CCCC1C(=O)O. The van der Waals surface area contributed by atoms with Gasteiger partial charge in [-0.25, -0.2) is 0 Å². The molecule has 0 bridgehead atoms. The first kappa shape index (κ1) is 14.0. The van der Waals surface area contributed by atoms with Gasteiger partial charge in [-0.1, -0.05) is 6.42 Å². The van der Waals surface area contributed by atoms with Gasteiger partial charge in [-0.05, 0) is 26.9 Å². The molecule has 0 spiro atoms. The lowest BCUT2D eigenvalue weighted by Crippen LogP contribution is -2.39. The Balaban J connectivity index is 2.53. The van der Waals surface area contributed by atoms with Crippen molar-refractivity contribution in [3.63, 3.8) is 0 Å². The fraction of sp³-hybridized carbons (Fsp3) is 0.833. The molecule has 98 valence electrons. The highest BCUT2D eigenvalue weighted by atomic mass is 16.4. The summed E-state index contributed by atoms with van der Waals surface area (Å²) in [7, 11) is 5.66. The van der Waals surface area contributed by atoms with E-state index in [0.717, 1.165) is 13.0 Å². The number of amides is 1. The Morgan fingerprint density at radius 1 is 1.12 bits per heavy atom. The molecule has 5 nitrogen and oxygen atoms in total. The number of aliphatic carboxylic acids is 1. The van der Waals surface area contributed by atoms with E-state index in [9.17, 15) is 9.59 Å². The van der Waals surface area contributed by atoms with Gasteiger partial charge in [0.05, 0.1) is 11.8 Å². The van der Waals surface area contributed by atoms with Crippen LogP contribution in [0.2, 0.25) is 0 Å². The van der Waals surface area contributed by atoms with E-state index in [4.69, 9.17) is 5.11 Å². The lowest BCUT2D eigenvalue weighted by Gasteiger charge is -2.24. The lowest BCUT2D eigenvalue weighted by molar-refractivity contribution is -0.148. The maximum atomic E-state index is 12.1. The summed E-state index contributed by atoms with van der Waals surface area (Å²) < 4.78 is 0. The lowest BCUT2D eigenvalue weighted by atomic mass is 9.95. The maximum absolute atomic E-state index is 12.1. The molecule has 1 N–H and O–H groups in total. The van der Waals surface area contributed by atoms with Gasteiger partial charge in [-0.3, -0.25) is 9.59 Å². The van der Waals surface area contributed by atoms with Crippen LogP contribution in [0.3, 0.4) is 0 Å². The van der Waals surface area contributed by atoms with Crippen LogP contribution in [0.5, 0.6) is 0 Å². The smallest absolute Gasteiger partial charge is 0.307 e. The largest absolute Gasteiger partial charge is 0.481 e. The van der Waals surface area contributed by atoms with E-state index < -0.39 is 11.9 Å². The zero-order chi connectivity index (χ0) is 13.0. The van der Waals surface area contributed by atoms with Crippen LogP contribution >= 0.6 is 0 Å². The van der Waals surface area contributed by atoms with Crippen LogP contribution in [-0.2, 0) is 9.59 Å². The van der Waals surface area contributed by atoms with Crippen molar-refractivity contribution in [2.24, 2.45) is 11.8 Å². The van der Waals surface area contributed by atoms with E-state index in [-0.39, 0.29) is 11.8 Å². The topological polar surface area (TPSA) is 60.9 Å². The van der Waals surface area contributed by atoms with E-state index in [0.29, 0.717) is 19.4 Å². The molecular weight excluding hydrogens is 220 g/mol. The van der Waals surface area contributed by atoms with Crippen molar-refractivity contribution in [3.05, 3.63) is 0 Å². The Bertz CT molecular complexity index is 291. The van der Waals surface area contributed by atoms with Crippen molar-refractivity contribution >= 4 is 11.9 Å². The zero-order valence-electron chi connectivity index (χ0n) is 10.8. The number of hydrogen-bond acceptors (Lipinski definition) is 3. The molecule has 1 amide bonds. The summed E-state index contributed by atoms with van der Waals surface area (Å²) >= 11 is 0. The van der Waals surface area contributed by atoms with Crippen molar-refractivity contribution < 1.29 is 14.7 Å². The van der Waals surface area contributed by atoms with Crippen LogP contribution in [0, 0.1) is 11.8 Å². The summed E-state index contributed by atoms with van der Waals surface area (Å²) in [6.45, 7) is 1.45. The van der Waals surface area contributed by atoms with Crippen molar-refractivity contribution in [3.8, 4) is 0 Å². The van der Waals surface area contributed by atoms with E-state index in [1.165, 1.54) is 0 Å². The molecular formula is C12H22N2O3. The van der Waals surface area contributed by atoms with E-state index in [1.54, 1.807) is 11.9 Å². The third kappa shape index (κ3) is 3.70. The average molecular weight is 242 g/mol. The second kappa shape index (κ2) is 6.00. The molecule has 1 aliphatic rings. The van der Waals surface area contributed by atoms with Crippen molar-refractivity contribution in [2.45, 2.75) is 19.3 Å². The molecule has 1 fully saturated rings. The minimum absolute atomic E-state index is 0.0169. The van der Waals surface area contributed by atoms with E-state index in [2.05, 4.69) is 0 Å². The number of rotatable bonds is 5. The summed E-state index contributed by atoms with van der Waals surface area (Å²) in [5.41, 5.74) is 0. The first-order valence-corrected chi connectivity index (χ1v) is 6.06. The van der Waals surface area contributed by atoms with Crippen LogP contribution < -0.4 is 0 Å². The van der Waals surface area contributed by atoms with Crippen LogP contribution in [0.1, 0.15) is 19.3 Å². The van der Waals surface area contributed by atoms with E-state index >= 15 is 0 Å². The van der Waals surface area contributed by atoms with Gasteiger partial charge in [0.1, 0.15) is 0 Å². The van der Waals surface area contributed by atoms with E-state index in [1.807, 2.05) is 19.0 Å². The van der Waals surface area contributed by atoms with Crippen molar-refractivity contribution in [1.82, 2.24) is 9.80 Å². The predicted octanol–water partition coefficient (Wildman–Crippen LogP) is 0.507. The standard InChI is InChI=1S/C12H22N2O3/c1-13(2)7-8-14(3)11(15)9-5-4-6-10(9)12(16)17/h9-10H,4-8H2,1-3H3,(H,16,17). The molecule has 0 saturated heterocycles. The number of carboxylic acids is 1. The molecule has 1 aliphatic carbocycles. The molecule has 0 heterocycles. The van der Waals surface area contributed by atoms with Crippen molar-refractivity contribution in [1.29, 1.82) is 0 Å². The minimum atomic E-state index is -0.832. The zero-order valence-corrected chi connectivity index (χ0v) is 10.8. The molecule has 17 heavy (non-hydrogen) atoms. The third-order valence-electron chi connectivity index (χ3n) is 3.41. The van der Waals surface area contributed by atoms with Gasteiger partial charge in [0.25, 0.3) is 0 Å². The second-order valence-corrected chi connectivity index (χ2v) is 5.05. The number of carbonyl (C=O) groups excluding carboxylic acids is 1. The highest BCUT2D eigenvalue weighted by Gasteiger charge is 2.38. The van der Waals surface area contributed by atoms with Gasteiger partial charge >= 0.3 is 5.97 Å². The first-order chi connectivity index (χ1) is 7.93. The number of carboxylic acid groups (broad SMARTS) is 1. The number of hydrogen-bond donors (Lipinski definition) is 1. The number of carbonyl (C=O) groups is 2. The normalized spacial score (nSPS) is 24.0. The summed E-state index contributed by atoms with van der Waals surface area (Å²) in [6.07, 6.45) is 2.18. The van der Waals surface area contributed by atoms with Gasteiger partial charge in [0.2, 0.25) is 5.91 Å². The second-order valence-electron chi connectivity index (χ2n) is 5.05. The molecule has 0 aliphatic heterocycles. The number of nitrogens with zero attached hydrogens (tertiary/aromatic N) is 2. The Morgan fingerprint density at radius 2 is 1.71 bits per heavy atom. The quantitative estimate of drug-likeness (QED) is 0.763. The molecule has 0 aromatic carbocycles. The maximum Gasteiger partial charge on any atom is 0.307 e. The summed E-state index contributed by atoms with van der Waals surface area (Å²) in [4.78, 5) is 26.8. The first-order valence-electron chi connectivity index (χ1n) is 6.06. The molecule has 2 unspecified atom stereocenters. The summed E-state index contributed by atoms with van der Waals surface area (Å²) in [5, 5.41) is 9.05. The predicted molar refractivity (Wildman–Crippen MR) is 64.7 cm³/mol. The Hall–Kier alpha value is -1.10. The molecule has 1 rings (SSSR count). The molecule has 2 atom stereocenters. The third-order valence-corrected chi connectivity index (χ3v) is 3.41. The Labute approximate surface area is 102 Å². The van der Waals surface area contributed by atoms with Crippen LogP contribution in [0.25, 0.3) is 0 Å². The van der Waals surface area contributed by atoms with Crippen LogP contribution in [0.4, 0.5) is 0 Å². The highest BCUT2D eigenvalue weighted by Crippen LogP contribution is 2.33. The van der Waals surface area contributed by atoms with Gasteiger partial charge in [-0.2, -0.15) is 0 Å². The van der Waals surface area contributed by atoms with Crippen molar-refractivity contribution in [2.75, 3.05) is 34.2 Å². The Morgan fingerprint density at radius 3 is 2.24 bits per heavy atom. The summed E-state index contributed by atoms with van der Waals surface area (Å²) in [5.74, 6) is -1.65. The average Bonchev–Trinajstić information content (AvgIpc) is 2.73. The van der Waals surface area contributed by atoms with Gasteiger partial charge < -0.3 is 14.9 Å². The fourth-order valence-electron chi connectivity index (χ4n) is 2.29. The van der Waals surface area contributed by atoms with Gasteiger partial charge in [-0.15, -0.1) is 0 Å². The molecule has 0 radical (unpaired) electrons. The van der Waals surface area contributed by atoms with Crippen LogP contribution in [-0.4, -0.2) is 61.0 Å². The Kier molecular flexibility index (Phi) is 4.93.